The van der Waals surface area contributed by atoms with Crippen molar-refractivity contribution >= 4 is 23.6 Å². The van der Waals surface area contributed by atoms with Crippen molar-refractivity contribution < 1.29 is 23.9 Å². The van der Waals surface area contributed by atoms with E-state index in [-0.39, 0.29) is 30.7 Å². The van der Waals surface area contributed by atoms with Gasteiger partial charge in [-0.25, -0.2) is 9.59 Å². The number of nitrogens with zero attached hydrogens (tertiary/aromatic N) is 2. The number of anilines is 1. The lowest BCUT2D eigenvalue weighted by molar-refractivity contribution is -0.130. The van der Waals surface area contributed by atoms with Gasteiger partial charge in [-0.2, -0.15) is 0 Å². The summed E-state index contributed by atoms with van der Waals surface area (Å²) >= 11 is 0. The molecule has 1 aromatic carbocycles. The Morgan fingerprint density at radius 3 is 2.92 bits per heavy atom. The van der Waals surface area contributed by atoms with Crippen LogP contribution in [0.15, 0.2) is 24.3 Å². The number of fused-ring (bicyclic) bond motifs is 1. The highest BCUT2D eigenvalue weighted by Gasteiger charge is 2.41. The molecule has 2 aliphatic heterocycles. The second kappa shape index (κ2) is 7.74. The van der Waals surface area contributed by atoms with E-state index >= 15 is 0 Å². The Balaban J connectivity index is 1.65. The summed E-state index contributed by atoms with van der Waals surface area (Å²) in [6.07, 6.45) is 0.194. The molecular weight excluding hydrogens is 338 g/mol. The standard InChI is InChI=1S/C18H23N3O5/c1-3-25-17(23)12-5-4-6-13(9-12)19-18(24)21-10-14-15(11-21)26-8-7-16(22)20(14)2/h4-6,9,14-15H,3,7-8,10-11H2,1-2H3,(H,19,24)/t14-,15-/m0/s1. The van der Waals surface area contributed by atoms with Crippen molar-refractivity contribution in [2.45, 2.75) is 25.5 Å². The van der Waals surface area contributed by atoms with Crippen LogP contribution in [0.3, 0.4) is 0 Å². The van der Waals surface area contributed by atoms with Crippen LogP contribution in [0.5, 0.6) is 0 Å². The molecule has 3 amide bonds. The number of carbonyl (C=O) groups is 3. The lowest BCUT2D eigenvalue weighted by Crippen LogP contribution is -2.43. The predicted molar refractivity (Wildman–Crippen MR) is 93.9 cm³/mol. The fraction of sp³-hybridized carbons (Fsp3) is 0.500. The molecule has 0 bridgehead atoms. The number of nitrogens with one attached hydrogen (secondary N) is 1. The summed E-state index contributed by atoms with van der Waals surface area (Å²) in [7, 11) is 1.75. The van der Waals surface area contributed by atoms with Gasteiger partial charge in [-0.3, -0.25) is 4.79 Å². The molecule has 0 spiro atoms. The number of ether oxygens (including phenoxy) is 2. The summed E-state index contributed by atoms with van der Waals surface area (Å²) < 4.78 is 10.7. The first kappa shape index (κ1) is 18.2. The van der Waals surface area contributed by atoms with Gasteiger partial charge in [-0.15, -0.1) is 0 Å². The molecule has 2 saturated heterocycles. The van der Waals surface area contributed by atoms with Crippen molar-refractivity contribution in [1.29, 1.82) is 0 Å². The molecule has 1 N–H and O–H groups in total. The minimum Gasteiger partial charge on any atom is -0.462 e. The molecule has 0 unspecified atom stereocenters. The first-order valence-corrected chi connectivity index (χ1v) is 8.70. The Labute approximate surface area is 152 Å². The van der Waals surface area contributed by atoms with Crippen molar-refractivity contribution in [2.24, 2.45) is 0 Å². The van der Waals surface area contributed by atoms with Crippen molar-refractivity contribution in [3.05, 3.63) is 29.8 Å². The SMILES string of the molecule is CCOC(=O)c1cccc(NC(=O)N2C[C@@H]3OCCC(=O)N(C)[C@H]3C2)c1. The zero-order valence-corrected chi connectivity index (χ0v) is 14.9. The Hall–Kier alpha value is -2.61. The number of carbonyl (C=O) groups excluding carboxylic acids is 3. The van der Waals surface area contributed by atoms with Crippen LogP contribution in [0.25, 0.3) is 0 Å². The van der Waals surface area contributed by atoms with E-state index in [9.17, 15) is 14.4 Å². The van der Waals surface area contributed by atoms with Gasteiger partial charge >= 0.3 is 12.0 Å². The number of esters is 1. The number of likely N-dealkylation sites (tertiary alicyclic amines) is 1. The maximum Gasteiger partial charge on any atom is 0.338 e. The van der Waals surface area contributed by atoms with E-state index in [4.69, 9.17) is 9.47 Å². The monoisotopic (exact) mass is 361 g/mol. The van der Waals surface area contributed by atoms with Crippen LogP contribution in [0.1, 0.15) is 23.7 Å². The highest BCUT2D eigenvalue weighted by molar-refractivity contribution is 5.94. The molecule has 26 heavy (non-hydrogen) atoms. The zero-order chi connectivity index (χ0) is 18.7. The molecule has 140 valence electrons. The van der Waals surface area contributed by atoms with Crippen LogP contribution in [0.2, 0.25) is 0 Å². The topological polar surface area (TPSA) is 88.2 Å². The van der Waals surface area contributed by atoms with Crippen LogP contribution >= 0.6 is 0 Å². The van der Waals surface area contributed by atoms with E-state index in [1.54, 1.807) is 48.0 Å². The van der Waals surface area contributed by atoms with Gasteiger partial charge in [0.15, 0.2) is 0 Å². The third-order valence-corrected chi connectivity index (χ3v) is 4.69. The number of hydrogen-bond donors (Lipinski definition) is 1. The minimum absolute atomic E-state index is 0.0295. The molecule has 3 rings (SSSR count). The Bertz CT molecular complexity index is 708. The van der Waals surface area contributed by atoms with E-state index in [1.165, 1.54) is 0 Å². The summed E-state index contributed by atoms with van der Waals surface area (Å²) in [4.78, 5) is 39.6. The first-order valence-electron chi connectivity index (χ1n) is 8.70. The predicted octanol–water partition coefficient (Wildman–Crippen LogP) is 1.33. The van der Waals surface area contributed by atoms with Gasteiger partial charge in [0.05, 0.1) is 43.9 Å². The summed E-state index contributed by atoms with van der Waals surface area (Å²) in [5.74, 6) is -0.400. The van der Waals surface area contributed by atoms with Gasteiger partial charge in [-0.1, -0.05) is 6.07 Å². The van der Waals surface area contributed by atoms with Crippen LogP contribution in [0, 0.1) is 0 Å². The highest BCUT2D eigenvalue weighted by Crippen LogP contribution is 2.23. The van der Waals surface area contributed by atoms with Crippen molar-refractivity contribution in [1.82, 2.24) is 9.80 Å². The van der Waals surface area contributed by atoms with Crippen LogP contribution in [-0.2, 0) is 14.3 Å². The molecule has 8 nitrogen and oxygen atoms in total. The van der Waals surface area contributed by atoms with Gasteiger partial charge in [0.25, 0.3) is 0 Å². The average molecular weight is 361 g/mol. The van der Waals surface area contributed by atoms with E-state index < -0.39 is 5.97 Å². The summed E-state index contributed by atoms with van der Waals surface area (Å²) in [5, 5.41) is 2.79. The summed E-state index contributed by atoms with van der Waals surface area (Å²) in [6, 6.07) is 6.18. The molecule has 1 aromatic rings. The van der Waals surface area contributed by atoms with Crippen LogP contribution in [-0.4, -0.2) is 73.2 Å². The number of urea groups is 1. The van der Waals surface area contributed by atoms with Crippen LogP contribution < -0.4 is 5.32 Å². The Morgan fingerprint density at radius 2 is 2.15 bits per heavy atom. The number of hydrogen-bond acceptors (Lipinski definition) is 5. The number of likely N-dealkylation sites (N-methyl/N-ethyl adjacent to an activating group) is 1. The van der Waals surface area contributed by atoms with Crippen molar-refractivity contribution in [3.63, 3.8) is 0 Å². The number of amides is 3. The number of rotatable bonds is 3. The zero-order valence-electron chi connectivity index (χ0n) is 14.9. The largest absolute Gasteiger partial charge is 0.462 e. The molecular formula is C18H23N3O5. The molecule has 0 aliphatic carbocycles. The van der Waals surface area contributed by atoms with Gasteiger partial charge in [0.2, 0.25) is 5.91 Å². The van der Waals surface area contributed by atoms with Gasteiger partial charge < -0.3 is 24.6 Å². The molecule has 2 aliphatic rings. The van der Waals surface area contributed by atoms with Gasteiger partial charge in [0, 0.05) is 19.3 Å². The molecule has 0 aromatic heterocycles. The van der Waals surface area contributed by atoms with E-state index in [0.29, 0.717) is 37.4 Å². The molecule has 0 radical (unpaired) electrons. The Morgan fingerprint density at radius 1 is 1.35 bits per heavy atom. The first-order chi connectivity index (χ1) is 12.5. The lowest BCUT2D eigenvalue weighted by Gasteiger charge is -2.25. The molecule has 2 heterocycles. The third-order valence-electron chi connectivity index (χ3n) is 4.69. The lowest BCUT2D eigenvalue weighted by atomic mass is 10.2. The van der Waals surface area contributed by atoms with Crippen LogP contribution in [0.4, 0.5) is 10.5 Å². The Kier molecular flexibility index (Phi) is 5.41. The van der Waals surface area contributed by atoms with Gasteiger partial charge in [-0.05, 0) is 25.1 Å². The van der Waals surface area contributed by atoms with E-state index in [0.717, 1.165) is 0 Å². The second-order valence-corrected chi connectivity index (χ2v) is 6.37. The average Bonchev–Trinajstić information content (AvgIpc) is 3.00. The third kappa shape index (κ3) is 3.80. The number of benzene rings is 1. The van der Waals surface area contributed by atoms with Crippen molar-refractivity contribution in [3.8, 4) is 0 Å². The van der Waals surface area contributed by atoms with Crippen molar-refractivity contribution in [2.75, 3.05) is 38.7 Å². The normalized spacial score (nSPS) is 22.6. The smallest absolute Gasteiger partial charge is 0.338 e. The molecule has 2 fully saturated rings. The molecule has 0 saturated carbocycles. The van der Waals surface area contributed by atoms with E-state index in [2.05, 4.69) is 5.32 Å². The second-order valence-electron chi connectivity index (χ2n) is 6.37. The molecule has 8 heteroatoms. The molecule has 2 atom stereocenters. The minimum atomic E-state index is -0.430. The maximum absolute atomic E-state index is 12.6. The highest BCUT2D eigenvalue weighted by atomic mass is 16.5. The fourth-order valence-corrected chi connectivity index (χ4v) is 3.26. The fourth-order valence-electron chi connectivity index (χ4n) is 3.26. The summed E-state index contributed by atoms with van der Waals surface area (Å²) in [6.45, 7) is 3.24. The quantitative estimate of drug-likeness (QED) is 0.821. The maximum atomic E-state index is 12.6. The van der Waals surface area contributed by atoms with E-state index in [1.807, 2.05) is 0 Å². The van der Waals surface area contributed by atoms with Gasteiger partial charge in [0.1, 0.15) is 0 Å². The summed E-state index contributed by atoms with van der Waals surface area (Å²) in [5.41, 5.74) is 0.892.